The maximum absolute atomic E-state index is 13.8. The molecule has 1 fully saturated rings. The third-order valence-corrected chi connectivity index (χ3v) is 4.13. The molecule has 1 amide bonds. The Balaban J connectivity index is 2.39. The highest BCUT2D eigenvalue weighted by Crippen LogP contribution is 2.38. The van der Waals surface area contributed by atoms with Gasteiger partial charge in [-0.05, 0) is 18.9 Å². The number of rotatable bonds is 1. The van der Waals surface area contributed by atoms with E-state index >= 15 is 0 Å². The van der Waals surface area contributed by atoms with Gasteiger partial charge in [0, 0.05) is 15.5 Å². The van der Waals surface area contributed by atoms with E-state index in [4.69, 9.17) is 0 Å². The Morgan fingerprint density at radius 2 is 1.95 bits per heavy atom. The molecule has 6 heteroatoms. The Hall–Kier alpha value is -1.04. The second-order valence-corrected chi connectivity index (χ2v) is 6.18. The summed E-state index contributed by atoms with van der Waals surface area (Å²) in [6.45, 7) is 3.57. The predicted octanol–water partition coefficient (Wildman–Crippen LogP) is 3.84. The standard InChI is InChI=1S/C13H13BrF3NO/c1-13(2)4-3-8(18-12(13)19)9-6(14)5-7(15)10(16)11(9)17/h5,8H,3-4H2,1-2H3,(H,18,19). The van der Waals surface area contributed by atoms with Gasteiger partial charge >= 0.3 is 0 Å². The molecule has 2 rings (SSSR count). The number of hydrogen-bond acceptors (Lipinski definition) is 1. The normalized spacial score (nSPS) is 22.2. The van der Waals surface area contributed by atoms with Crippen molar-refractivity contribution in [3.8, 4) is 0 Å². The van der Waals surface area contributed by atoms with Crippen molar-refractivity contribution in [3.05, 3.63) is 33.6 Å². The van der Waals surface area contributed by atoms with E-state index in [1.165, 1.54) is 0 Å². The van der Waals surface area contributed by atoms with Crippen molar-refractivity contribution in [2.24, 2.45) is 5.41 Å². The second-order valence-electron chi connectivity index (χ2n) is 5.33. The van der Waals surface area contributed by atoms with Gasteiger partial charge in [0.2, 0.25) is 5.91 Å². The number of hydrogen-bond donors (Lipinski definition) is 1. The Labute approximate surface area is 117 Å². The van der Waals surface area contributed by atoms with Crippen molar-refractivity contribution < 1.29 is 18.0 Å². The van der Waals surface area contributed by atoms with E-state index in [0.717, 1.165) is 6.07 Å². The minimum Gasteiger partial charge on any atom is -0.349 e. The van der Waals surface area contributed by atoms with Gasteiger partial charge in [-0.25, -0.2) is 13.2 Å². The minimum atomic E-state index is -1.52. The van der Waals surface area contributed by atoms with Crippen LogP contribution in [0.4, 0.5) is 13.2 Å². The summed E-state index contributed by atoms with van der Waals surface area (Å²) in [4.78, 5) is 11.9. The molecule has 104 valence electrons. The largest absolute Gasteiger partial charge is 0.349 e. The number of nitrogens with one attached hydrogen (secondary N) is 1. The van der Waals surface area contributed by atoms with Crippen LogP contribution in [0.15, 0.2) is 10.5 Å². The molecular formula is C13H13BrF3NO. The summed E-state index contributed by atoms with van der Waals surface area (Å²) in [5.74, 6) is -4.25. The van der Waals surface area contributed by atoms with Crippen LogP contribution in [-0.2, 0) is 4.79 Å². The van der Waals surface area contributed by atoms with E-state index < -0.39 is 28.9 Å². The maximum atomic E-state index is 13.8. The molecule has 0 bridgehead atoms. The van der Waals surface area contributed by atoms with Gasteiger partial charge < -0.3 is 5.32 Å². The van der Waals surface area contributed by atoms with Crippen LogP contribution in [0, 0.1) is 22.9 Å². The van der Waals surface area contributed by atoms with Gasteiger partial charge in [-0.1, -0.05) is 29.8 Å². The molecule has 2 nitrogen and oxygen atoms in total. The van der Waals surface area contributed by atoms with Crippen molar-refractivity contribution in [1.29, 1.82) is 0 Å². The number of amides is 1. The number of halogens is 4. The number of carbonyl (C=O) groups excluding carboxylic acids is 1. The van der Waals surface area contributed by atoms with Crippen LogP contribution in [0.1, 0.15) is 38.3 Å². The average molecular weight is 336 g/mol. The number of carbonyl (C=O) groups is 1. The zero-order chi connectivity index (χ0) is 14.4. The molecule has 1 unspecified atom stereocenters. The molecule has 1 atom stereocenters. The van der Waals surface area contributed by atoms with Crippen molar-refractivity contribution >= 4 is 21.8 Å². The molecule has 1 N–H and O–H groups in total. The van der Waals surface area contributed by atoms with Crippen molar-refractivity contribution in [3.63, 3.8) is 0 Å². The lowest BCUT2D eigenvalue weighted by Crippen LogP contribution is -2.44. The Kier molecular flexibility index (Phi) is 3.64. The van der Waals surface area contributed by atoms with Crippen LogP contribution in [0.2, 0.25) is 0 Å². The summed E-state index contributed by atoms with van der Waals surface area (Å²) in [6.07, 6.45) is 1.02. The van der Waals surface area contributed by atoms with Crippen molar-refractivity contribution in [2.45, 2.75) is 32.7 Å². The van der Waals surface area contributed by atoms with Crippen molar-refractivity contribution in [2.75, 3.05) is 0 Å². The first-order valence-electron chi connectivity index (χ1n) is 5.88. The summed E-state index contributed by atoms with van der Waals surface area (Å²) in [7, 11) is 0. The maximum Gasteiger partial charge on any atom is 0.226 e. The smallest absolute Gasteiger partial charge is 0.226 e. The number of benzene rings is 1. The zero-order valence-electron chi connectivity index (χ0n) is 10.5. The van der Waals surface area contributed by atoms with Gasteiger partial charge in [0.15, 0.2) is 17.5 Å². The molecule has 1 aliphatic heterocycles. The minimum absolute atomic E-state index is 0.0391. The van der Waals surface area contributed by atoms with Gasteiger partial charge in [-0.2, -0.15) is 0 Å². The first-order valence-corrected chi connectivity index (χ1v) is 6.67. The van der Waals surface area contributed by atoms with Crippen LogP contribution < -0.4 is 5.32 Å². The van der Waals surface area contributed by atoms with Gasteiger partial charge in [-0.15, -0.1) is 0 Å². The molecule has 0 aliphatic carbocycles. The van der Waals surface area contributed by atoms with E-state index in [1.54, 1.807) is 13.8 Å². The molecule has 0 aromatic heterocycles. The molecule has 0 saturated carbocycles. The summed E-state index contributed by atoms with van der Waals surface area (Å²) in [6, 6.07) is 0.227. The molecule has 0 spiro atoms. The van der Waals surface area contributed by atoms with E-state index in [2.05, 4.69) is 21.2 Å². The molecular weight excluding hydrogens is 323 g/mol. The molecule has 1 saturated heterocycles. The summed E-state index contributed by atoms with van der Waals surface area (Å²) < 4.78 is 40.3. The van der Waals surface area contributed by atoms with Crippen LogP contribution in [0.5, 0.6) is 0 Å². The first-order chi connectivity index (χ1) is 8.74. The predicted molar refractivity (Wildman–Crippen MR) is 67.9 cm³/mol. The summed E-state index contributed by atoms with van der Waals surface area (Å²) in [5.41, 5.74) is -0.569. The first kappa shape index (κ1) is 14.4. The quantitative estimate of drug-likeness (QED) is 0.613. The molecule has 1 aromatic carbocycles. The fourth-order valence-corrected chi connectivity index (χ4v) is 2.81. The molecule has 1 aromatic rings. The molecule has 1 aliphatic rings. The van der Waals surface area contributed by atoms with Gasteiger partial charge in [0.05, 0.1) is 6.04 Å². The lowest BCUT2D eigenvalue weighted by molar-refractivity contribution is -0.133. The Morgan fingerprint density at radius 1 is 1.32 bits per heavy atom. The highest BCUT2D eigenvalue weighted by Gasteiger charge is 2.37. The highest BCUT2D eigenvalue weighted by molar-refractivity contribution is 9.10. The Bertz CT molecular complexity index is 545. The van der Waals surface area contributed by atoms with Crippen molar-refractivity contribution in [1.82, 2.24) is 5.32 Å². The third-order valence-electron chi connectivity index (χ3n) is 3.48. The monoisotopic (exact) mass is 335 g/mol. The highest BCUT2D eigenvalue weighted by atomic mass is 79.9. The third kappa shape index (κ3) is 2.50. The van der Waals surface area contributed by atoms with E-state index in [9.17, 15) is 18.0 Å². The Morgan fingerprint density at radius 3 is 2.53 bits per heavy atom. The van der Waals surface area contributed by atoms with Crippen LogP contribution in [0.25, 0.3) is 0 Å². The fourth-order valence-electron chi connectivity index (χ4n) is 2.16. The fraction of sp³-hybridized carbons (Fsp3) is 0.462. The van der Waals surface area contributed by atoms with E-state index in [-0.39, 0.29) is 15.9 Å². The lowest BCUT2D eigenvalue weighted by Gasteiger charge is -2.34. The van der Waals surface area contributed by atoms with Crippen LogP contribution in [-0.4, -0.2) is 5.91 Å². The molecule has 19 heavy (non-hydrogen) atoms. The van der Waals surface area contributed by atoms with Crippen LogP contribution in [0.3, 0.4) is 0 Å². The number of piperidine rings is 1. The zero-order valence-corrected chi connectivity index (χ0v) is 12.1. The topological polar surface area (TPSA) is 29.1 Å². The van der Waals surface area contributed by atoms with Gasteiger partial charge in [0.1, 0.15) is 0 Å². The molecule has 1 heterocycles. The lowest BCUT2D eigenvalue weighted by atomic mass is 9.80. The van der Waals surface area contributed by atoms with Gasteiger partial charge in [-0.3, -0.25) is 4.79 Å². The summed E-state index contributed by atoms with van der Waals surface area (Å²) in [5, 5.41) is 2.65. The van der Waals surface area contributed by atoms with E-state index in [0.29, 0.717) is 12.8 Å². The SMILES string of the molecule is CC1(C)CCC(c2c(Br)cc(F)c(F)c2F)NC1=O. The average Bonchev–Trinajstić information content (AvgIpc) is 2.31. The molecule has 0 radical (unpaired) electrons. The van der Waals surface area contributed by atoms with Gasteiger partial charge in [0.25, 0.3) is 0 Å². The van der Waals surface area contributed by atoms with E-state index in [1.807, 2.05) is 0 Å². The van der Waals surface area contributed by atoms with Crippen LogP contribution >= 0.6 is 15.9 Å². The summed E-state index contributed by atoms with van der Waals surface area (Å²) >= 11 is 3.02. The second kappa shape index (κ2) is 4.81.